The summed E-state index contributed by atoms with van der Waals surface area (Å²) in [4.78, 5) is 28.7. The molecule has 2 aliphatic heterocycles. The van der Waals surface area contributed by atoms with Gasteiger partial charge in [0.25, 0.3) is 0 Å². The number of para-hydroxylation sites is 1. The number of hydrogen-bond acceptors (Lipinski definition) is 5. The van der Waals surface area contributed by atoms with E-state index in [1.165, 1.54) is 12.1 Å². The van der Waals surface area contributed by atoms with E-state index in [1.807, 2.05) is 30.3 Å². The first-order valence-corrected chi connectivity index (χ1v) is 15.1. The maximum Gasteiger partial charge on any atom is 0.226 e. The standard InChI is InChI=1S/C33H43F2N3O4/c1-3-5-6-10-14-38-21-28(27(11-4-2)33(38)41)32(40)37-30(17-22-15-23(34)18-24(35)16-22)31(39)29-19-26(20-36-29)42-25-12-8-7-9-13-25/h4,7-9,12-13,15-16,18,26-31,36,39H,2-3,5-6,10-11,14,17,19-21H2,1H3,(H,37,40)/t26-,27?,28?,29-,30+,31-/m1/s1. The highest BCUT2D eigenvalue weighted by Gasteiger charge is 2.44. The lowest BCUT2D eigenvalue weighted by molar-refractivity contribution is -0.133. The summed E-state index contributed by atoms with van der Waals surface area (Å²) in [7, 11) is 0. The maximum atomic E-state index is 14.0. The molecule has 0 aliphatic carbocycles. The van der Waals surface area contributed by atoms with Gasteiger partial charge in [-0.3, -0.25) is 9.59 Å². The number of nitrogens with zero attached hydrogens (tertiary/aromatic N) is 1. The highest BCUT2D eigenvalue weighted by Crippen LogP contribution is 2.30. The summed E-state index contributed by atoms with van der Waals surface area (Å²) >= 11 is 0. The van der Waals surface area contributed by atoms with Gasteiger partial charge in [-0.2, -0.15) is 0 Å². The van der Waals surface area contributed by atoms with E-state index >= 15 is 0 Å². The van der Waals surface area contributed by atoms with Gasteiger partial charge in [0.15, 0.2) is 0 Å². The Hall–Kier alpha value is -3.30. The SMILES string of the molecule is C=CCC1C(=O)N(CCCCCC)CC1C(=O)N[C@@H](Cc1cc(F)cc(F)c1)[C@H](O)[C@H]1C[C@@H](Oc2ccccc2)CN1. The van der Waals surface area contributed by atoms with Crippen LogP contribution in [-0.4, -0.2) is 65.7 Å². The van der Waals surface area contributed by atoms with Crippen molar-refractivity contribution in [3.63, 3.8) is 0 Å². The smallest absolute Gasteiger partial charge is 0.226 e. The third kappa shape index (κ3) is 8.38. The van der Waals surface area contributed by atoms with Gasteiger partial charge in [0.1, 0.15) is 23.5 Å². The molecule has 6 atom stereocenters. The van der Waals surface area contributed by atoms with Crippen LogP contribution in [0.3, 0.4) is 0 Å². The van der Waals surface area contributed by atoms with Crippen LogP contribution in [0.5, 0.6) is 5.75 Å². The molecule has 9 heteroatoms. The number of halogens is 2. The predicted molar refractivity (Wildman–Crippen MR) is 158 cm³/mol. The van der Waals surface area contributed by atoms with Crippen LogP contribution in [0.25, 0.3) is 0 Å². The molecule has 228 valence electrons. The fraction of sp³-hybridized carbons (Fsp3) is 0.515. The van der Waals surface area contributed by atoms with Gasteiger partial charge in [0.05, 0.1) is 24.0 Å². The van der Waals surface area contributed by atoms with Crippen LogP contribution in [0, 0.1) is 23.5 Å². The highest BCUT2D eigenvalue weighted by atomic mass is 19.1. The number of unbranched alkanes of at least 4 members (excludes halogenated alkanes) is 3. The number of aliphatic hydroxyl groups is 1. The Balaban J connectivity index is 1.48. The minimum absolute atomic E-state index is 0.0114. The average molecular weight is 584 g/mol. The molecule has 7 nitrogen and oxygen atoms in total. The second-order valence-corrected chi connectivity index (χ2v) is 11.5. The summed E-state index contributed by atoms with van der Waals surface area (Å²) in [6.45, 7) is 7.30. The number of rotatable bonds is 15. The molecular weight excluding hydrogens is 540 g/mol. The van der Waals surface area contributed by atoms with Crippen molar-refractivity contribution in [1.82, 2.24) is 15.5 Å². The zero-order valence-corrected chi connectivity index (χ0v) is 24.3. The molecule has 0 saturated carbocycles. The Kier molecular flexibility index (Phi) is 11.5. The van der Waals surface area contributed by atoms with Crippen molar-refractivity contribution in [3.05, 3.63) is 78.4 Å². The van der Waals surface area contributed by atoms with Gasteiger partial charge < -0.3 is 25.4 Å². The Morgan fingerprint density at radius 1 is 1.19 bits per heavy atom. The number of ether oxygens (including phenoxy) is 1. The average Bonchev–Trinajstić information content (AvgIpc) is 3.55. The van der Waals surface area contributed by atoms with Crippen LogP contribution in [0.4, 0.5) is 8.78 Å². The van der Waals surface area contributed by atoms with E-state index in [0.717, 1.165) is 37.5 Å². The van der Waals surface area contributed by atoms with E-state index in [1.54, 1.807) is 11.0 Å². The van der Waals surface area contributed by atoms with E-state index in [9.17, 15) is 23.5 Å². The Labute approximate surface area is 247 Å². The molecule has 2 aromatic rings. The van der Waals surface area contributed by atoms with Crippen LogP contribution < -0.4 is 15.4 Å². The van der Waals surface area contributed by atoms with E-state index in [4.69, 9.17) is 4.74 Å². The Bertz CT molecular complexity index is 1180. The number of amides is 2. The number of aliphatic hydroxyl groups excluding tert-OH is 1. The van der Waals surface area contributed by atoms with Gasteiger partial charge in [0.2, 0.25) is 11.8 Å². The van der Waals surface area contributed by atoms with Gasteiger partial charge in [-0.25, -0.2) is 8.78 Å². The minimum Gasteiger partial charge on any atom is -0.489 e. The normalized spacial score (nSPS) is 23.5. The fourth-order valence-corrected chi connectivity index (χ4v) is 6.09. The number of allylic oxidation sites excluding steroid dienone is 1. The molecule has 2 aliphatic rings. The number of carbonyl (C=O) groups excluding carboxylic acids is 2. The molecule has 2 saturated heterocycles. The van der Waals surface area contributed by atoms with Crippen LogP contribution >= 0.6 is 0 Å². The predicted octanol–water partition coefficient (Wildman–Crippen LogP) is 4.39. The number of carbonyl (C=O) groups is 2. The van der Waals surface area contributed by atoms with Crippen molar-refractivity contribution in [2.45, 2.75) is 76.2 Å². The molecule has 2 amide bonds. The monoisotopic (exact) mass is 583 g/mol. The molecule has 2 aromatic carbocycles. The van der Waals surface area contributed by atoms with Crippen molar-refractivity contribution >= 4 is 11.8 Å². The van der Waals surface area contributed by atoms with Gasteiger partial charge >= 0.3 is 0 Å². The number of likely N-dealkylation sites (tertiary alicyclic amines) is 1. The zero-order chi connectivity index (χ0) is 30.1. The van der Waals surface area contributed by atoms with Gasteiger partial charge in [-0.05, 0) is 49.1 Å². The van der Waals surface area contributed by atoms with Gasteiger partial charge in [0, 0.05) is 38.2 Å². The fourth-order valence-electron chi connectivity index (χ4n) is 6.09. The van der Waals surface area contributed by atoms with E-state index in [2.05, 4.69) is 24.1 Å². The molecule has 2 heterocycles. The first-order chi connectivity index (χ1) is 20.3. The van der Waals surface area contributed by atoms with E-state index in [-0.39, 0.29) is 24.3 Å². The van der Waals surface area contributed by atoms with Crippen LogP contribution in [0.1, 0.15) is 51.0 Å². The van der Waals surface area contributed by atoms with Crippen molar-refractivity contribution < 1.29 is 28.2 Å². The van der Waals surface area contributed by atoms with Crippen LogP contribution in [0.2, 0.25) is 0 Å². The van der Waals surface area contributed by atoms with Gasteiger partial charge in [-0.1, -0.05) is 50.5 Å². The van der Waals surface area contributed by atoms with Crippen LogP contribution in [-0.2, 0) is 16.0 Å². The molecule has 2 unspecified atom stereocenters. The topological polar surface area (TPSA) is 90.9 Å². The van der Waals surface area contributed by atoms with Crippen molar-refractivity contribution in [2.75, 3.05) is 19.6 Å². The summed E-state index contributed by atoms with van der Waals surface area (Å²) < 4.78 is 34.1. The molecule has 3 N–H and O–H groups in total. The second kappa shape index (κ2) is 15.3. The zero-order valence-electron chi connectivity index (χ0n) is 24.3. The van der Waals surface area contributed by atoms with E-state index < -0.39 is 41.7 Å². The van der Waals surface area contributed by atoms with Gasteiger partial charge in [-0.15, -0.1) is 6.58 Å². The lowest BCUT2D eigenvalue weighted by Crippen LogP contribution is -2.54. The lowest BCUT2D eigenvalue weighted by atomic mass is 9.90. The lowest BCUT2D eigenvalue weighted by Gasteiger charge is -2.30. The molecule has 4 rings (SSSR count). The molecule has 0 aromatic heterocycles. The molecule has 2 fully saturated rings. The quantitative estimate of drug-likeness (QED) is 0.214. The summed E-state index contributed by atoms with van der Waals surface area (Å²) in [6, 6.07) is 11.3. The molecule has 0 spiro atoms. The summed E-state index contributed by atoms with van der Waals surface area (Å²) in [5, 5.41) is 17.8. The second-order valence-electron chi connectivity index (χ2n) is 11.5. The molecule has 42 heavy (non-hydrogen) atoms. The molecule has 0 radical (unpaired) electrons. The molecular formula is C33H43F2N3O4. The number of benzene rings is 2. The summed E-state index contributed by atoms with van der Waals surface area (Å²) in [5.41, 5.74) is 0.314. The third-order valence-electron chi connectivity index (χ3n) is 8.27. The first kappa shape index (κ1) is 31.6. The highest BCUT2D eigenvalue weighted by molar-refractivity contribution is 5.91. The largest absolute Gasteiger partial charge is 0.489 e. The number of nitrogens with one attached hydrogen (secondary N) is 2. The van der Waals surface area contributed by atoms with E-state index in [0.29, 0.717) is 38.0 Å². The number of hydrogen-bond donors (Lipinski definition) is 3. The molecule has 0 bridgehead atoms. The maximum absolute atomic E-state index is 14.0. The third-order valence-corrected chi connectivity index (χ3v) is 8.27. The first-order valence-electron chi connectivity index (χ1n) is 15.1. The van der Waals surface area contributed by atoms with Crippen molar-refractivity contribution in [3.8, 4) is 5.75 Å². The minimum atomic E-state index is -1.08. The van der Waals surface area contributed by atoms with Crippen molar-refractivity contribution in [2.24, 2.45) is 11.8 Å². The Morgan fingerprint density at radius 3 is 2.62 bits per heavy atom. The summed E-state index contributed by atoms with van der Waals surface area (Å²) in [6.07, 6.45) is 5.32. The van der Waals surface area contributed by atoms with Crippen molar-refractivity contribution in [1.29, 1.82) is 0 Å². The van der Waals surface area contributed by atoms with Crippen LogP contribution in [0.15, 0.2) is 61.2 Å². The Morgan fingerprint density at radius 2 is 1.93 bits per heavy atom. The summed E-state index contributed by atoms with van der Waals surface area (Å²) in [5.74, 6) is -2.32.